The third-order valence-corrected chi connectivity index (χ3v) is 4.30. The highest BCUT2D eigenvalue weighted by Crippen LogP contribution is 2.42. The number of aromatic nitrogens is 4. The summed E-state index contributed by atoms with van der Waals surface area (Å²) in [6, 6.07) is 5.33. The van der Waals surface area contributed by atoms with Gasteiger partial charge in [0.05, 0.1) is 17.2 Å². The average Bonchev–Trinajstić information content (AvgIpc) is 3.22. The van der Waals surface area contributed by atoms with Crippen molar-refractivity contribution in [1.82, 2.24) is 19.7 Å². The van der Waals surface area contributed by atoms with Crippen molar-refractivity contribution in [2.45, 2.75) is 25.4 Å². The number of rotatable bonds is 4. The van der Waals surface area contributed by atoms with Gasteiger partial charge in [0.2, 0.25) is 0 Å². The van der Waals surface area contributed by atoms with Crippen LogP contribution in [-0.2, 0) is 13.7 Å². The second-order valence-electron chi connectivity index (χ2n) is 5.88. The van der Waals surface area contributed by atoms with Crippen LogP contribution in [0.2, 0.25) is 0 Å². The van der Waals surface area contributed by atoms with Crippen molar-refractivity contribution in [2.75, 3.05) is 5.32 Å². The van der Waals surface area contributed by atoms with Crippen molar-refractivity contribution in [3.63, 3.8) is 0 Å². The molecule has 2 heterocycles. The van der Waals surface area contributed by atoms with Gasteiger partial charge in [-0.15, -0.1) is 0 Å². The molecule has 1 aliphatic carbocycles. The molecule has 0 atom stereocenters. The number of anilines is 1. The monoisotopic (exact) mass is 311 g/mol. The Labute approximate surface area is 132 Å². The fourth-order valence-electron chi connectivity index (χ4n) is 2.82. The molecule has 0 radical (unpaired) electrons. The SMILES string of the molecule is Cn1c(CO)nc2cc(C(=O)Nc3[nH]ncc3C3CC3)ccc21. The second-order valence-corrected chi connectivity index (χ2v) is 5.88. The van der Waals surface area contributed by atoms with Gasteiger partial charge in [-0.05, 0) is 37.0 Å². The van der Waals surface area contributed by atoms with Crippen LogP contribution in [0.15, 0.2) is 24.4 Å². The van der Waals surface area contributed by atoms with Gasteiger partial charge in [-0.3, -0.25) is 9.89 Å². The summed E-state index contributed by atoms with van der Waals surface area (Å²) in [6.07, 6.45) is 4.07. The van der Waals surface area contributed by atoms with Crippen molar-refractivity contribution in [3.05, 3.63) is 41.3 Å². The number of amides is 1. The van der Waals surface area contributed by atoms with Crippen LogP contribution in [-0.4, -0.2) is 30.8 Å². The van der Waals surface area contributed by atoms with Crippen LogP contribution in [0.4, 0.5) is 5.82 Å². The van der Waals surface area contributed by atoms with E-state index in [1.807, 2.05) is 17.7 Å². The van der Waals surface area contributed by atoms with Crippen LogP contribution in [0.1, 0.15) is 40.5 Å². The molecule has 3 N–H and O–H groups in total. The van der Waals surface area contributed by atoms with Gasteiger partial charge >= 0.3 is 0 Å². The van der Waals surface area contributed by atoms with Crippen LogP contribution >= 0.6 is 0 Å². The molecule has 3 aromatic rings. The fourth-order valence-corrected chi connectivity index (χ4v) is 2.82. The summed E-state index contributed by atoms with van der Waals surface area (Å²) >= 11 is 0. The van der Waals surface area contributed by atoms with Gasteiger partial charge in [0.25, 0.3) is 5.91 Å². The number of carbonyl (C=O) groups excluding carboxylic acids is 1. The molecule has 7 heteroatoms. The van der Waals surface area contributed by atoms with E-state index in [0.29, 0.717) is 28.6 Å². The molecule has 0 bridgehead atoms. The molecular formula is C16H17N5O2. The third kappa shape index (κ3) is 2.39. The Morgan fingerprint density at radius 2 is 2.30 bits per heavy atom. The second kappa shape index (κ2) is 5.20. The Kier molecular flexibility index (Phi) is 3.16. The van der Waals surface area contributed by atoms with E-state index in [1.165, 1.54) is 0 Å². The Morgan fingerprint density at radius 1 is 1.48 bits per heavy atom. The molecule has 1 fully saturated rings. The number of hydrogen-bond acceptors (Lipinski definition) is 4. The van der Waals surface area contributed by atoms with Crippen molar-refractivity contribution in [1.29, 1.82) is 0 Å². The summed E-state index contributed by atoms with van der Waals surface area (Å²) in [5, 5.41) is 19.0. The number of nitrogens with zero attached hydrogens (tertiary/aromatic N) is 3. The van der Waals surface area contributed by atoms with E-state index >= 15 is 0 Å². The van der Waals surface area contributed by atoms with Crippen molar-refractivity contribution in [2.24, 2.45) is 7.05 Å². The third-order valence-electron chi connectivity index (χ3n) is 4.30. The molecule has 1 amide bonds. The Balaban J connectivity index is 1.62. The number of aliphatic hydroxyl groups excluding tert-OH is 1. The molecule has 23 heavy (non-hydrogen) atoms. The quantitative estimate of drug-likeness (QED) is 0.686. The van der Waals surface area contributed by atoms with Gasteiger partial charge in [0.15, 0.2) is 0 Å². The predicted octanol–water partition coefficient (Wildman–Crippen LogP) is 1.92. The van der Waals surface area contributed by atoms with E-state index in [9.17, 15) is 9.90 Å². The van der Waals surface area contributed by atoms with Crippen LogP contribution in [0, 0.1) is 0 Å². The maximum Gasteiger partial charge on any atom is 0.256 e. The first-order valence-electron chi connectivity index (χ1n) is 7.58. The fraction of sp³-hybridized carbons (Fsp3) is 0.312. The number of imidazole rings is 1. The first-order chi connectivity index (χ1) is 11.2. The minimum absolute atomic E-state index is 0.133. The number of aliphatic hydroxyl groups is 1. The summed E-state index contributed by atoms with van der Waals surface area (Å²) < 4.78 is 1.82. The first kappa shape index (κ1) is 14.0. The number of fused-ring (bicyclic) bond motifs is 1. The molecule has 0 spiro atoms. The molecule has 1 aliphatic rings. The standard InChI is InChI=1S/C16H17N5O2/c1-21-13-5-4-10(6-12(13)18-14(21)8-22)16(23)19-15-11(7-17-20-15)9-2-3-9/h4-7,9,22H,2-3,8H2,1H3,(H2,17,19,20,23). The number of aromatic amines is 1. The molecule has 1 saturated carbocycles. The number of hydrogen-bond donors (Lipinski definition) is 3. The minimum atomic E-state index is -0.200. The average molecular weight is 311 g/mol. The molecular weight excluding hydrogens is 294 g/mol. The lowest BCUT2D eigenvalue weighted by molar-refractivity contribution is 0.102. The smallest absolute Gasteiger partial charge is 0.256 e. The summed E-state index contributed by atoms with van der Waals surface area (Å²) in [5.74, 6) is 1.56. The molecule has 4 rings (SSSR count). The van der Waals surface area contributed by atoms with E-state index in [-0.39, 0.29) is 12.5 Å². The number of carbonyl (C=O) groups is 1. The van der Waals surface area contributed by atoms with E-state index in [1.54, 1.807) is 18.3 Å². The van der Waals surface area contributed by atoms with Crippen LogP contribution in [0.25, 0.3) is 11.0 Å². The minimum Gasteiger partial charge on any atom is -0.388 e. The van der Waals surface area contributed by atoms with Crippen molar-refractivity contribution in [3.8, 4) is 0 Å². The summed E-state index contributed by atoms with van der Waals surface area (Å²) in [7, 11) is 1.84. The predicted molar refractivity (Wildman–Crippen MR) is 85.2 cm³/mol. The zero-order valence-corrected chi connectivity index (χ0v) is 12.7. The van der Waals surface area contributed by atoms with Gasteiger partial charge in [-0.2, -0.15) is 5.10 Å². The molecule has 0 unspecified atom stereocenters. The maximum atomic E-state index is 12.5. The van der Waals surface area contributed by atoms with Crippen molar-refractivity contribution < 1.29 is 9.90 Å². The van der Waals surface area contributed by atoms with E-state index < -0.39 is 0 Å². The topological polar surface area (TPSA) is 95.8 Å². The molecule has 0 saturated heterocycles. The highest BCUT2D eigenvalue weighted by atomic mass is 16.3. The summed E-state index contributed by atoms with van der Waals surface area (Å²) in [5.41, 5.74) is 3.17. The number of benzene rings is 1. The molecule has 118 valence electrons. The van der Waals surface area contributed by atoms with Gasteiger partial charge in [0.1, 0.15) is 18.2 Å². The van der Waals surface area contributed by atoms with E-state index in [0.717, 1.165) is 23.9 Å². The van der Waals surface area contributed by atoms with Gasteiger partial charge in [-0.25, -0.2) is 4.98 Å². The zero-order chi connectivity index (χ0) is 16.0. The first-order valence-corrected chi connectivity index (χ1v) is 7.58. The largest absolute Gasteiger partial charge is 0.388 e. The summed E-state index contributed by atoms with van der Waals surface area (Å²) in [4.78, 5) is 16.8. The highest BCUT2D eigenvalue weighted by molar-refractivity contribution is 6.05. The molecule has 2 aromatic heterocycles. The zero-order valence-electron chi connectivity index (χ0n) is 12.7. The molecule has 7 nitrogen and oxygen atoms in total. The Morgan fingerprint density at radius 3 is 3.04 bits per heavy atom. The van der Waals surface area contributed by atoms with Crippen LogP contribution in [0.3, 0.4) is 0 Å². The lowest BCUT2D eigenvalue weighted by Gasteiger charge is -2.05. The number of nitrogens with one attached hydrogen (secondary N) is 2. The maximum absolute atomic E-state index is 12.5. The van der Waals surface area contributed by atoms with Gasteiger partial charge < -0.3 is 15.0 Å². The summed E-state index contributed by atoms with van der Waals surface area (Å²) in [6.45, 7) is -0.133. The highest BCUT2D eigenvalue weighted by Gasteiger charge is 2.28. The van der Waals surface area contributed by atoms with Gasteiger partial charge in [0, 0.05) is 18.2 Å². The van der Waals surface area contributed by atoms with Gasteiger partial charge in [-0.1, -0.05) is 0 Å². The Bertz CT molecular complexity index is 891. The van der Waals surface area contributed by atoms with Crippen molar-refractivity contribution >= 4 is 22.8 Å². The number of aryl methyl sites for hydroxylation is 1. The Hall–Kier alpha value is -2.67. The van der Waals surface area contributed by atoms with E-state index in [4.69, 9.17) is 0 Å². The molecule has 1 aromatic carbocycles. The van der Waals surface area contributed by atoms with E-state index in [2.05, 4.69) is 20.5 Å². The van der Waals surface area contributed by atoms with Crippen LogP contribution < -0.4 is 5.32 Å². The number of H-pyrrole nitrogens is 1. The normalized spacial score (nSPS) is 14.3. The lowest BCUT2D eigenvalue weighted by Crippen LogP contribution is -2.13. The molecule has 0 aliphatic heterocycles. The lowest BCUT2D eigenvalue weighted by atomic mass is 10.1. The van der Waals surface area contributed by atoms with Crippen LogP contribution in [0.5, 0.6) is 0 Å².